The van der Waals surface area contributed by atoms with E-state index in [-0.39, 0.29) is 18.3 Å². The van der Waals surface area contributed by atoms with Crippen molar-refractivity contribution in [3.05, 3.63) is 0 Å². The number of hydrogen-bond acceptors (Lipinski definition) is 9. The third-order valence-electron chi connectivity index (χ3n) is 10.2. The fourth-order valence-electron chi connectivity index (χ4n) is 8.22. The molecule has 4 rings (SSSR count). The van der Waals surface area contributed by atoms with Crippen LogP contribution in [-0.4, -0.2) is 53.3 Å². The molecule has 248 valence electrons. The van der Waals surface area contributed by atoms with Gasteiger partial charge in [-0.15, -0.1) is 0 Å². The van der Waals surface area contributed by atoms with Crippen LogP contribution in [0.4, 0.5) is 13.2 Å². The van der Waals surface area contributed by atoms with Gasteiger partial charge in [-0.2, -0.15) is 13.2 Å². The van der Waals surface area contributed by atoms with Gasteiger partial charge in [0.1, 0.15) is 17.3 Å². The highest BCUT2D eigenvalue weighted by molar-refractivity contribution is 5.97. The summed E-state index contributed by atoms with van der Waals surface area (Å²) in [7, 11) is 0. The van der Waals surface area contributed by atoms with E-state index < -0.39 is 95.3 Å². The topological polar surface area (TPSA) is 122 Å². The lowest BCUT2D eigenvalue weighted by atomic mass is 9.64. The molecular formula is C32H45F3O9. The summed E-state index contributed by atoms with van der Waals surface area (Å²) in [6, 6.07) is 0. The number of alkyl halides is 3. The minimum absolute atomic E-state index is 0.0276. The minimum atomic E-state index is -5.26. The number of fused-ring (bicyclic) bond motifs is 2. The van der Waals surface area contributed by atoms with Gasteiger partial charge in [0.15, 0.2) is 0 Å². The molecule has 0 aromatic carbocycles. The third-order valence-corrected chi connectivity index (χ3v) is 10.2. The van der Waals surface area contributed by atoms with Crippen LogP contribution in [0.25, 0.3) is 0 Å². The molecule has 1 aliphatic heterocycles. The van der Waals surface area contributed by atoms with Crippen LogP contribution in [0.15, 0.2) is 0 Å². The molecule has 9 nitrogen and oxygen atoms in total. The van der Waals surface area contributed by atoms with Crippen LogP contribution in [0.5, 0.6) is 0 Å². The van der Waals surface area contributed by atoms with Crippen molar-refractivity contribution in [3.8, 4) is 0 Å². The van der Waals surface area contributed by atoms with Gasteiger partial charge in [0.2, 0.25) is 0 Å². The third kappa shape index (κ3) is 7.58. The second kappa shape index (κ2) is 12.6. The van der Waals surface area contributed by atoms with Crippen molar-refractivity contribution in [3.63, 3.8) is 0 Å². The van der Waals surface area contributed by atoms with E-state index in [2.05, 4.69) is 0 Å². The zero-order valence-corrected chi connectivity index (χ0v) is 26.4. The highest BCUT2D eigenvalue weighted by atomic mass is 19.4. The predicted octanol–water partition coefficient (Wildman–Crippen LogP) is 5.71. The number of cyclic esters (lactones) is 2. The molecule has 0 radical (unpaired) electrons. The molecule has 1 saturated heterocycles. The van der Waals surface area contributed by atoms with Crippen LogP contribution in [0.3, 0.4) is 0 Å². The first-order valence-electron chi connectivity index (χ1n) is 15.8. The van der Waals surface area contributed by atoms with Gasteiger partial charge in [-0.3, -0.25) is 19.2 Å². The molecule has 0 N–H and O–H groups in total. The number of rotatable bonds is 9. The van der Waals surface area contributed by atoms with Crippen molar-refractivity contribution in [2.24, 2.45) is 47.3 Å². The van der Waals surface area contributed by atoms with E-state index in [1.165, 1.54) is 0 Å². The Labute approximate surface area is 256 Å². The number of esters is 5. The van der Waals surface area contributed by atoms with E-state index in [1.807, 2.05) is 13.8 Å². The van der Waals surface area contributed by atoms with Crippen LogP contribution in [-0.2, 0) is 42.9 Å². The Balaban J connectivity index is 1.54. The molecule has 1 heterocycles. The maximum Gasteiger partial charge on any atom is 0.490 e. The molecule has 12 heteroatoms. The lowest BCUT2D eigenvalue weighted by molar-refractivity contribution is -0.210. The van der Waals surface area contributed by atoms with Gasteiger partial charge in [0, 0.05) is 0 Å². The van der Waals surface area contributed by atoms with Crippen molar-refractivity contribution in [2.75, 3.05) is 0 Å². The van der Waals surface area contributed by atoms with E-state index in [0.29, 0.717) is 12.8 Å². The molecule has 2 bridgehead atoms. The molecule has 0 aromatic rings. The summed E-state index contributed by atoms with van der Waals surface area (Å²) < 4.78 is 61.0. The molecule has 44 heavy (non-hydrogen) atoms. The van der Waals surface area contributed by atoms with Gasteiger partial charge in [-0.05, 0) is 102 Å². The smallest absolute Gasteiger partial charge is 0.460 e. The van der Waals surface area contributed by atoms with Crippen LogP contribution >= 0.6 is 0 Å². The van der Waals surface area contributed by atoms with Crippen molar-refractivity contribution in [1.29, 1.82) is 0 Å². The lowest BCUT2D eigenvalue weighted by Gasteiger charge is -2.40. The summed E-state index contributed by atoms with van der Waals surface area (Å²) in [5.41, 5.74) is -1.48. The molecule has 3 saturated carbocycles. The van der Waals surface area contributed by atoms with Gasteiger partial charge in [0.05, 0.1) is 24.2 Å². The van der Waals surface area contributed by atoms with E-state index in [1.54, 1.807) is 27.7 Å². The minimum Gasteiger partial charge on any atom is -0.460 e. The molecule has 9 atom stereocenters. The van der Waals surface area contributed by atoms with Crippen LogP contribution < -0.4 is 0 Å². The zero-order chi connectivity index (χ0) is 32.8. The molecule has 4 aliphatic rings. The molecule has 0 amide bonds. The van der Waals surface area contributed by atoms with Gasteiger partial charge in [0.25, 0.3) is 0 Å². The van der Waals surface area contributed by atoms with Crippen molar-refractivity contribution >= 4 is 29.8 Å². The second-order valence-electron chi connectivity index (χ2n) is 14.7. The summed E-state index contributed by atoms with van der Waals surface area (Å²) in [6.45, 7) is 10.3. The maximum atomic E-state index is 13.3. The number of carbonyl (C=O) groups excluding carboxylic acids is 5. The average molecular weight is 631 g/mol. The molecular weight excluding hydrogens is 585 g/mol. The molecule has 3 aliphatic carbocycles. The summed E-state index contributed by atoms with van der Waals surface area (Å²) in [5.74, 6) is -9.35. The first kappa shape index (κ1) is 34.2. The monoisotopic (exact) mass is 630 g/mol. The maximum absolute atomic E-state index is 13.3. The first-order valence-corrected chi connectivity index (χ1v) is 15.8. The molecule has 4 fully saturated rings. The lowest BCUT2D eigenvalue weighted by Crippen LogP contribution is -2.44. The van der Waals surface area contributed by atoms with E-state index in [9.17, 15) is 37.1 Å². The number of hydrogen-bond donors (Lipinski definition) is 0. The quantitative estimate of drug-likeness (QED) is 0.179. The molecule has 0 spiro atoms. The standard InChI is InChI=1S/C32H45F3O9/c1-16(26(37)44-31(6)10-8-7-9-11-31)12-21-25(28(39)42-27(21)38)24-17(2)18-13-19(20(24)14-18)22(41-29(40)32(33,34)35)15-23(36)43-30(3,4)5/h16-22,24-25H,7-15H2,1-6H3. The van der Waals surface area contributed by atoms with Crippen molar-refractivity contribution < 1.29 is 56.1 Å². The van der Waals surface area contributed by atoms with Crippen molar-refractivity contribution in [1.82, 2.24) is 0 Å². The Morgan fingerprint density at radius 2 is 1.66 bits per heavy atom. The van der Waals surface area contributed by atoms with Gasteiger partial charge in [-0.1, -0.05) is 20.3 Å². The first-order chi connectivity index (χ1) is 20.3. The van der Waals surface area contributed by atoms with Crippen LogP contribution in [0.2, 0.25) is 0 Å². The van der Waals surface area contributed by atoms with E-state index >= 15 is 0 Å². The number of ether oxygens (including phenoxy) is 4. The van der Waals surface area contributed by atoms with Crippen LogP contribution in [0.1, 0.15) is 99.3 Å². The van der Waals surface area contributed by atoms with Gasteiger partial charge in [-0.25, -0.2) is 4.79 Å². The van der Waals surface area contributed by atoms with Crippen molar-refractivity contribution in [2.45, 2.75) is 123 Å². The Hall–Kier alpha value is -2.66. The number of carbonyl (C=O) groups is 5. The Bertz CT molecular complexity index is 1140. The highest BCUT2D eigenvalue weighted by Gasteiger charge is 2.62. The Kier molecular flexibility index (Phi) is 9.81. The second-order valence-corrected chi connectivity index (χ2v) is 14.7. The fraction of sp³-hybridized carbons (Fsp3) is 0.844. The zero-order valence-electron chi connectivity index (χ0n) is 26.4. The predicted molar refractivity (Wildman–Crippen MR) is 148 cm³/mol. The summed E-state index contributed by atoms with van der Waals surface area (Å²) >= 11 is 0. The molecule has 0 aromatic heterocycles. The number of halogens is 3. The average Bonchev–Trinajstić information content (AvgIpc) is 3.53. The van der Waals surface area contributed by atoms with Gasteiger partial charge >= 0.3 is 36.0 Å². The highest BCUT2D eigenvalue weighted by Crippen LogP contribution is 2.61. The van der Waals surface area contributed by atoms with E-state index in [4.69, 9.17) is 18.9 Å². The fourth-order valence-corrected chi connectivity index (χ4v) is 8.22. The van der Waals surface area contributed by atoms with E-state index in [0.717, 1.165) is 32.1 Å². The van der Waals surface area contributed by atoms with Crippen LogP contribution in [0, 0.1) is 47.3 Å². The summed E-state index contributed by atoms with van der Waals surface area (Å²) in [4.78, 5) is 63.9. The SMILES string of the molecule is CC(CC1C(=O)OC(=O)C1C1C(C)C2CC(C(CC(=O)OC(C)(C)C)OC(=O)C(F)(F)F)C1C2)C(=O)OC1(C)CCCCC1. The summed E-state index contributed by atoms with van der Waals surface area (Å²) in [5, 5.41) is 0. The summed E-state index contributed by atoms with van der Waals surface area (Å²) in [6.07, 6.45) is -1.81. The normalized spacial score (nSPS) is 33.0. The Morgan fingerprint density at radius 3 is 2.23 bits per heavy atom. The van der Waals surface area contributed by atoms with Gasteiger partial charge < -0.3 is 18.9 Å². The Morgan fingerprint density at radius 1 is 1.02 bits per heavy atom. The largest absolute Gasteiger partial charge is 0.490 e. The molecule has 9 unspecified atom stereocenters.